The number of aromatic nitrogens is 2. The van der Waals surface area contributed by atoms with Gasteiger partial charge in [0.25, 0.3) is 0 Å². The van der Waals surface area contributed by atoms with Gasteiger partial charge in [0.05, 0.1) is 5.56 Å². The number of nitrogen functional groups attached to an aromatic ring is 1. The molecule has 1 atom stereocenters. The van der Waals surface area contributed by atoms with Crippen LogP contribution >= 0.6 is 46.6 Å². The highest BCUT2D eigenvalue weighted by molar-refractivity contribution is 14.1. The van der Waals surface area contributed by atoms with Crippen molar-refractivity contribution in [3.8, 4) is 39.7 Å². The van der Waals surface area contributed by atoms with E-state index in [1.807, 2.05) is 12.1 Å². The standard InChI is InChI=1S/C36H28IN7O7S2/c37-24-13-27-28(50-16-49-27)14-29(24)53-36-43-31-32(38)40-15-41-33(31)44(36)9-1-8-39-35(52)42-17-2-5-20(23(10-17)34(47)48)30-21-6-3-18(45)11-25(21)51-26-12-19(46)4-7-22(26)30/h2-7,10-15,36,43,45H,1,8-9,16H2,(H,47,48)(H2,38,40,41)(H2,39,42,52). The topological polar surface area (TPSA) is 197 Å². The van der Waals surface area contributed by atoms with E-state index in [9.17, 15) is 19.8 Å². The number of nitrogens with zero attached hydrogens (tertiary/aromatic N) is 3. The Bertz CT molecular complexity index is 2480. The lowest BCUT2D eigenvalue weighted by atomic mass is 9.90. The fourth-order valence-electron chi connectivity index (χ4n) is 6.28. The SMILES string of the molecule is Nc1ncnc2c1NC(Sc1cc3c(cc1I)OCO3)N2CCCNC(=S)Nc1ccc(-c2c3ccc(=O)cc-3oc3cc(O)ccc23)c(C(=O)O)c1. The first-order valence-corrected chi connectivity index (χ1v) is 18.5. The molecule has 0 saturated heterocycles. The van der Waals surface area contributed by atoms with Crippen molar-refractivity contribution in [2.75, 3.05) is 41.1 Å². The van der Waals surface area contributed by atoms with Gasteiger partial charge in [0.1, 0.15) is 29.1 Å². The summed E-state index contributed by atoms with van der Waals surface area (Å²) in [7, 11) is 0. The van der Waals surface area contributed by atoms with Crippen LogP contribution in [0.5, 0.6) is 17.2 Å². The van der Waals surface area contributed by atoms with Crippen LogP contribution in [0.1, 0.15) is 16.8 Å². The van der Waals surface area contributed by atoms with Gasteiger partial charge in [-0.1, -0.05) is 17.8 Å². The number of thioether (sulfide) groups is 1. The minimum Gasteiger partial charge on any atom is -0.508 e. The quantitative estimate of drug-likeness (QED) is 0.0406. The maximum Gasteiger partial charge on any atom is 0.336 e. The number of aromatic carboxylic acids is 1. The summed E-state index contributed by atoms with van der Waals surface area (Å²) >= 11 is 9.47. The number of halogens is 1. The van der Waals surface area contributed by atoms with Gasteiger partial charge in [0.15, 0.2) is 39.2 Å². The predicted octanol–water partition coefficient (Wildman–Crippen LogP) is 6.36. The Morgan fingerprint density at radius 3 is 2.72 bits per heavy atom. The average Bonchev–Trinajstić information content (AvgIpc) is 3.73. The van der Waals surface area contributed by atoms with Crippen molar-refractivity contribution < 1.29 is 28.9 Å². The zero-order chi connectivity index (χ0) is 36.8. The third kappa shape index (κ3) is 6.77. The number of thiocarbonyl (C=S) groups is 1. The molecule has 0 bridgehead atoms. The number of carboxylic acids is 1. The van der Waals surface area contributed by atoms with Gasteiger partial charge in [-0.2, -0.15) is 0 Å². The number of hydrogen-bond donors (Lipinski definition) is 6. The maximum atomic E-state index is 12.6. The lowest BCUT2D eigenvalue weighted by molar-refractivity contribution is 0.0697. The molecule has 3 aliphatic heterocycles. The molecule has 0 fully saturated rings. The summed E-state index contributed by atoms with van der Waals surface area (Å²) in [5.41, 5.74) is 8.69. The molecule has 3 aromatic carbocycles. The monoisotopic (exact) mass is 861 g/mol. The number of phenols is 1. The highest BCUT2D eigenvalue weighted by Crippen LogP contribution is 2.46. The first-order valence-electron chi connectivity index (χ1n) is 16.1. The van der Waals surface area contributed by atoms with E-state index in [-0.39, 0.29) is 34.8 Å². The summed E-state index contributed by atoms with van der Waals surface area (Å²) in [4.78, 5) is 36.6. The third-order valence-corrected chi connectivity index (χ3v) is 11.4. The Morgan fingerprint density at radius 1 is 1.08 bits per heavy atom. The second-order valence-electron chi connectivity index (χ2n) is 12.0. The van der Waals surface area contributed by atoms with E-state index < -0.39 is 5.97 Å². The summed E-state index contributed by atoms with van der Waals surface area (Å²) in [6.07, 6.45) is 2.11. The largest absolute Gasteiger partial charge is 0.508 e. The van der Waals surface area contributed by atoms with Gasteiger partial charge in [-0.3, -0.25) is 4.79 Å². The fraction of sp³-hybridized carbons (Fsp3) is 0.139. The lowest BCUT2D eigenvalue weighted by Crippen LogP contribution is -2.36. The average molecular weight is 862 g/mol. The van der Waals surface area contributed by atoms with Crippen LogP contribution in [-0.2, 0) is 0 Å². The Hall–Kier alpha value is -5.53. The van der Waals surface area contributed by atoms with Crippen LogP contribution in [0.15, 0.2) is 87.2 Å². The van der Waals surface area contributed by atoms with Crippen molar-refractivity contribution >= 4 is 91.6 Å². The van der Waals surface area contributed by atoms with Gasteiger partial charge >= 0.3 is 5.97 Å². The molecule has 4 heterocycles. The third-order valence-electron chi connectivity index (χ3n) is 8.66. The molecule has 8 rings (SSSR count). The van der Waals surface area contributed by atoms with Gasteiger partial charge in [-0.25, -0.2) is 14.8 Å². The zero-order valence-electron chi connectivity index (χ0n) is 27.4. The molecule has 1 unspecified atom stereocenters. The highest BCUT2D eigenvalue weighted by atomic mass is 127. The minimum absolute atomic E-state index is 0.00741. The smallest absolute Gasteiger partial charge is 0.336 e. The number of ether oxygens (including phenoxy) is 2. The van der Waals surface area contributed by atoms with Crippen LogP contribution in [0.4, 0.5) is 23.0 Å². The molecule has 14 nitrogen and oxygen atoms in total. The number of rotatable bonds is 9. The predicted molar refractivity (Wildman–Crippen MR) is 214 cm³/mol. The summed E-state index contributed by atoms with van der Waals surface area (Å²) in [5.74, 6) is 1.56. The van der Waals surface area contributed by atoms with Crippen molar-refractivity contribution in [3.05, 3.63) is 92.4 Å². The molecule has 17 heteroatoms. The number of carboxylic acid groups (broad SMARTS) is 1. The van der Waals surface area contributed by atoms with Gasteiger partial charge < -0.3 is 50.7 Å². The summed E-state index contributed by atoms with van der Waals surface area (Å²) < 4.78 is 18.1. The van der Waals surface area contributed by atoms with Gasteiger partial charge in [-0.05, 0) is 95.3 Å². The zero-order valence-corrected chi connectivity index (χ0v) is 31.2. The summed E-state index contributed by atoms with van der Waals surface area (Å²) in [6, 6.07) is 17.8. The second-order valence-corrected chi connectivity index (χ2v) is 14.7. The van der Waals surface area contributed by atoms with Gasteiger partial charge in [-0.15, -0.1) is 0 Å². The molecule has 268 valence electrons. The van der Waals surface area contributed by atoms with Crippen molar-refractivity contribution in [1.82, 2.24) is 15.3 Å². The van der Waals surface area contributed by atoms with E-state index in [1.165, 1.54) is 36.7 Å². The first-order chi connectivity index (χ1) is 25.6. The molecule has 0 saturated carbocycles. The fourth-order valence-corrected chi connectivity index (χ4v) is 8.41. The van der Waals surface area contributed by atoms with Crippen LogP contribution < -0.4 is 41.5 Å². The number of nitrogens with one attached hydrogen (secondary N) is 3. The number of hydrogen-bond acceptors (Lipinski definition) is 13. The van der Waals surface area contributed by atoms with E-state index in [0.29, 0.717) is 81.0 Å². The van der Waals surface area contributed by atoms with E-state index in [1.54, 1.807) is 36.0 Å². The number of benzene rings is 4. The van der Waals surface area contributed by atoms with E-state index in [4.69, 9.17) is 31.8 Å². The second kappa shape index (κ2) is 14.1. The Morgan fingerprint density at radius 2 is 1.89 bits per heavy atom. The van der Waals surface area contributed by atoms with E-state index in [2.05, 4.69) is 53.4 Å². The number of phenolic OH excluding ortho intramolecular Hbond substituents is 1. The van der Waals surface area contributed by atoms with E-state index in [0.717, 1.165) is 14.2 Å². The molecular formula is C36H28IN7O7S2. The molecular weight excluding hydrogens is 833 g/mol. The Balaban J connectivity index is 0.969. The highest BCUT2D eigenvalue weighted by Gasteiger charge is 2.33. The number of anilines is 4. The minimum atomic E-state index is -1.16. The number of fused-ring (bicyclic) bond motifs is 4. The molecule has 0 spiro atoms. The molecule has 1 aromatic heterocycles. The number of carbonyl (C=O) groups is 1. The van der Waals surface area contributed by atoms with Crippen LogP contribution in [0.2, 0.25) is 0 Å². The van der Waals surface area contributed by atoms with E-state index >= 15 is 0 Å². The molecule has 0 radical (unpaired) electrons. The Labute approximate surface area is 324 Å². The van der Waals surface area contributed by atoms with Crippen molar-refractivity contribution in [2.45, 2.75) is 16.8 Å². The van der Waals surface area contributed by atoms with Crippen molar-refractivity contribution in [2.24, 2.45) is 0 Å². The molecule has 4 aliphatic rings. The summed E-state index contributed by atoms with van der Waals surface area (Å²) in [6.45, 7) is 1.29. The first kappa shape index (κ1) is 34.6. The van der Waals surface area contributed by atoms with Crippen LogP contribution in [0.25, 0.3) is 33.4 Å². The lowest BCUT2D eigenvalue weighted by Gasteiger charge is -2.26. The summed E-state index contributed by atoms with van der Waals surface area (Å²) in [5, 5.41) is 31.1. The maximum absolute atomic E-state index is 12.6. The van der Waals surface area contributed by atoms with Crippen molar-refractivity contribution in [3.63, 3.8) is 0 Å². The van der Waals surface area contributed by atoms with Gasteiger partial charge in [0, 0.05) is 55.9 Å². The Kier molecular flexibility index (Phi) is 9.21. The molecule has 1 aliphatic carbocycles. The van der Waals surface area contributed by atoms with Crippen LogP contribution in [0, 0.1) is 3.57 Å². The van der Waals surface area contributed by atoms with Crippen molar-refractivity contribution in [1.29, 1.82) is 0 Å². The van der Waals surface area contributed by atoms with Crippen LogP contribution in [0.3, 0.4) is 0 Å². The van der Waals surface area contributed by atoms with Crippen LogP contribution in [-0.4, -0.2) is 56.6 Å². The number of nitrogens with two attached hydrogens (primary N) is 1. The number of aromatic hydroxyl groups is 1. The molecule has 7 N–H and O–H groups in total. The van der Waals surface area contributed by atoms with Gasteiger partial charge in [0.2, 0.25) is 6.79 Å². The molecule has 0 amide bonds. The normalized spacial score (nSPS) is 14.3. The molecule has 4 aromatic rings. The molecule has 53 heavy (non-hydrogen) atoms.